The molecule has 3 aromatic heterocycles. The number of hydrogen-bond acceptors (Lipinski definition) is 8. The van der Waals surface area contributed by atoms with Crippen molar-refractivity contribution in [3.05, 3.63) is 101 Å². The summed E-state index contributed by atoms with van der Waals surface area (Å²) in [7, 11) is 0. The molecule has 0 bridgehead atoms. The van der Waals surface area contributed by atoms with E-state index >= 15 is 4.39 Å². The SMILES string of the molecule is N#CCC1(Cn2c(Cc3ccc(-c4ccnc(OCc5ccc(C#N)cc5F)n4)c(F)c3)nc3ccc(C(=O)O)nc32)CC1. The first-order valence-corrected chi connectivity index (χ1v) is 13.7. The average Bonchev–Trinajstić information content (AvgIpc) is 3.70. The Morgan fingerprint density at radius 2 is 1.86 bits per heavy atom. The van der Waals surface area contributed by atoms with Crippen LogP contribution in [0.5, 0.6) is 6.01 Å². The quantitative estimate of drug-likeness (QED) is 0.219. The van der Waals surface area contributed by atoms with Crippen molar-refractivity contribution in [1.82, 2.24) is 24.5 Å². The number of fused-ring (bicyclic) bond motifs is 1. The Labute approximate surface area is 249 Å². The first-order chi connectivity index (χ1) is 21.3. The van der Waals surface area contributed by atoms with Crippen molar-refractivity contribution >= 4 is 17.1 Å². The number of carbonyl (C=O) groups is 1. The fourth-order valence-corrected chi connectivity index (χ4v) is 5.03. The molecule has 0 aliphatic heterocycles. The van der Waals surface area contributed by atoms with Crippen LogP contribution in [0.2, 0.25) is 0 Å². The third-order valence-electron chi connectivity index (χ3n) is 7.64. The minimum absolute atomic E-state index is 0.0666. The van der Waals surface area contributed by atoms with E-state index in [1.165, 1.54) is 36.5 Å². The first-order valence-electron chi connectivity index (χ1n) is 13.7. The van der Waals surface area contributed by atoms with E-state index in [2.05, 4.69) is 26.0 Å². The molecule has 1 aliphatic carbocycles. The summed E-state index contributed by atoms with van der Waals surface area (Å²) in [6.07, 6.45) is 3.76. The minimum Gasteiger partial charge on any atom is -0.477 e. The Morgan fingerprint density at radius 3 is 2.57 bits per heavy atom. The Morgan fingerprint density at radius 1 is 1.02 bits per heavy atom. The molecule has 0 saturated heterocycles. The van der Waals surface area contributed by atoms with Crippen molar-refractivity contribution in [2.24, 2.45) is 5.41 Å². The van der Waals surface area contributed by atoms with Gasteiger partial charge in [-0.2, -0.15) is 15.5 Å². The zero-order valence-electron chi connectivity index (χ0n) is 23.2. The summed E-state index contributed by atoms with van der Waals surface area (Å²) in [5.41, 5.74) is 2.10. The number of carboxylic acid groups (broad SMARTS) is 1. The van der Waals surface area contributed by atoms with Crippen molar-refractivity contribution in [3.8, 4) is 29.4 Å². The van der Waals surface area contributed by atoms with Crippen LogP contribution in [-0.4, -0.2) is 35.6 Å². The topological polar surface area (TPSA) is 151 Å². The minimum atomic E-state index is -1.16. The normalized spacial score (nSPS) is 13.3. The van der Waals surface area contributed by atoms with Crippen LogP contribution in [0.25, 0.3) is 22.4 Å². The lowest BCUT2D eigenvalue weighted by atomic mass is 10.0. The monoisotopic (exact) mass is 591 g/mol. The van der Waals surface area contributed by atoms with Crippen molar-refractivity contribution in [3.63, 3.8) is 0 Å². The van der Waals surface area contributed by atoms with Gasteiger partial charge in [0, 0.05) is 42.1 Å². The highest BCUT2D eigenvalue weighted by Crippen LogP contribution is 2.50. The summed E-state index contributed by atoms with van der Waals surface area (Å²) in [5.74, 6) is -1.70. The lowest BCUT2D eigenvalue weighted by Crippen LogP contribution is -2.15. The maximum atomic E-state index is 15.5. The maximum absolute atomic E-state index is 15.5. The largest absolute Gasteiger partial charge is 0.477 e. The number of aromatic carboxylic acids is 1. The van der Waals surface area contributed by atoms with Crippen LogP contribution in [-0.2, 0) is 19.6 Å². The number of carboxylic acids is 1. The molecule has 0 unspecified atom stereocenters. The molecule has 10 nitrogen and oxygen atoms in total. The molecule has 2 aromatic carbocycles. The molecule has 12 heteroatoms. The Hall–Kier alpha value is -5.75. The van der Waals surface area contributed by atoms with E-state index in [1.54, 1.807) is 18.2 Å². The van der Waals surface area contributed by atoms with Gasteiger partial charge in [0.2, 0.25) is 0 Å². The molecule has 1 aliphatic rings. The van der Waals surface area contributed by atoms with Crippen LogP contribution in [0, 0.1) is 39.7 Å². The van der Waals surface area contributed by atoms with Crippen molar-refractivity contribution < 1.29 is 23.4 Å². The van der Waals surface area contributed by atoms with Crippen molar-refractivity contribution in [1.29, 1.82) is 10.5 Å². The van der Waals surface area contributed by atoms with E-state index in [4.69, 9.17) is 10.00 Å². The second kappa shape index (κ2) is 11.5. The summed E-state index contributed by atoms with van der Waals surface area (Å²) in [6.45, 7) is 0.279. The number of imidazole rings is 1. The number of ether oxygens (including phenoxy) is 1. The second-order valence-electron chi connectivity index (χ2n) is 10.7. The van der Waals surface area contributed by atoms with E-state index in [1.807, 2.05) is 10.6 Å². The van der Waals surface area contributed by atoms with Gasteiger partial charge in [-0.1, -0.05) is 12.1 Å². The van der Waals surface area contributed by atoms with Gasteiger partial charge in [-0.25, -0.2) is 28.5 Å². The molecular formula is C32H23F2N7O3. The zero-order chi connectivity index (χ0) is 30.8. The van der Waals surface area contributed by atoms with Crippen LogP contribution in [0.1, 0.15) is 52.3 Å². The summed E-state index contributed by atoms with van der Waals surface area (Å²) in [5, 5.41) is 27.7. The standard InChI is InChI=1S/C32H23F2N7O3/c33-23-14-20(16-36)1-3-21(23)17-44-31-37-12-7-25(40-31)22-4-2-19(13-24(22)34)15-28-38-26-5-6-27(30(42)43)39-29(26)41(28)18-32(8-9-32)10-11-35/h1-7,12-14H,8-10,15,17-18H2,(H,42,43). The number of nitrogens with zero attached hydrogens (tertiary/aromatic N) is 7. The number of benzene rings is 2. The van der Waals surface area contributed by atoms with E-state index in [0.29, 0.717) is 35.5 Å². The predicted octanol–water partition coefficient (Wildman–Crippen LogP) is 5.60. The van der Waals surface area contributed by atoms with Gasteiger partial charge >= 0.3 is 12.0 Å². The van der Waals surface area contributed by atoms with E-state index < -0.39 is 17.6 Å². The molecule has 5 aromatic rings. The number of rotatable bonds is 10. The lowest BCUT2D eigenvalue weighted by Gasteiger charge is -2.15. The van der Waals surface area contributed by atoms with Crippen LogP contribution in [0.4, 0.5) is 8.78 Å². The van der Waals surface area contributed by atoms with Crippen LogP contribution in [0.3, 0.4) is 0 Å². The van der Waals surface area contributed by atoms with Gasteiger partial charge < -0.3 is 14.4 Å². The van der Waals surface area contributed by atoms with E-state index in [0.717, 1.165) is 18.9 Å². The van der Waals surface area contributed by atoms with Crippen molar-refractivity contribution in [2.45, 2.75) is 38.8 Å². The molecule has 0 atom stereocenters. The maximum Gasteiger partial charge on any atom is 0.354 e. The van der Waals surface area contributed by atoms with Gasteiger partial charge in [0.1, 0.15) is 29.6 Å². The number of nitriles is 2. The molecule has 3 heterocycles. The van der Waals surface area contributed by atoms with Gasteiger partial charge in [0.05, 0.1) is 23.4 Å². The van der Waals surface area contributed by atoms with Gasteiger partial charge in [0.25, 0.3) is 0 Å². The lowest BCUT2D eigenvalue weighted by molar-refractivity contribution is 0.0691. The molecule has 218 valence electrons. The summed E-state index contributed by atoms with van der Waals surface area (Å²) in [6, 6.07) is 17.3. The van der Waals surface area contributed by atoms with E-state index in [9.17, 15) is 19.6 Å². The summed E-state index contributed by atoms with van der Waals surface area (Å²) < 4.78 is 37.1. The van der Waals surface area contributed by atoms with Gasteiger partial charge in [0.15, 0.2) is 11.3 Å². The van der Waals surface area contributed by atoms with Gasteiger partial charge in [-0.15, -0.1) is 0 Å². The molecule has 6 rings (SSSR count). The average molecular weight is 592 g/mol. The molecule has 1 saturated carbocycles. The zero-order valence-corrected chi connectivity index (χ0v) is 23.2. The fourth-order valence-electron chi connectivity index (χ4n) is 5.03. The van der Waals surface area contributed by atoms with Crippen LogP contribution >= 0.6 is 0 Å². The van der Waals surface area contributed by atoms with Gasteiger partial charge in [-0.05, 0) is 60.9 Å². The Balaban J connectivity index is 1.25. The number of hydrogen-bond donors (Lipinski definition) is 1. The summed E-state index contributed by atoms with van der Waals surface area (Å²) >= 11 is 0. The molecule has 0 spiro atoms. The van der Waals surface area contributed by atoms with E-state index in [-0.39, 0.29) is 52.5 Å². The highest BCUT2D eigenvalue weighted by Gasteiger charge is 2.43. The van der Waals surface area contributed by atoms with Crippen LogP contribution < -0.4 is 4.74 Å². The Kier molecular flexibility index (Phi) is 7.41. The highest BCUT2D eigenvalue weighted by molar-refractivity contribution is 5.88. The van der Waals surface area contributed by atoms with Crippen LogP contribution in [0.15, 0.2) is 60.8 Å². The van der Waals surface area contributed by atoms with Gasteiger partial charge in [-0.3, -0.25) is 0 Å². The number of pyridine rings is 1. The highest BCUT2D eigenvalue weighted by atomic mass is 19.1. The smallest absolute Gasteiger partial charge is 0.354 e. The Bertz CT molecular complexity index is 2010. The molecule has 0 amide bonds. The fraction of sp³-hybridized carbons (Fsp3) is 0.219. The molecule has 0 radical (unpaired) electrons. The molecular weight excluding hydrogens is 568 g/mol. The number of halogens is 2. The third-order valence-corrected chi connectivity index (χ3v) is 7.64. The second-order valence-corrected chi connectivity index (χ2v) is 10.7. The predicted molar refractivity (Wildman–Crippen MR) is 152 cm³/mol. The third kappa shape index (κ3) is 5.78. The number of aromatic nitrogens is 5. The van der Waals surface area contributed by atoms with Crippen molar-refractivity contribution in [2.75, 3.05) is 0 Å². The summed E-state index contributed by atoms with van der Waals surface area (Å²) in [4.78, 5) is 28.9. The molecule has 1 fully saturated rings. The molecule has 44 heavy (non-hydrogen) atoms. The first kappa shape index (κ1) is 28.4. The molecule has 1 N–H and O–H groups in total.